The fourth-order valence-corrected chi connectivity index (χ4v) is 6.01. The van der Waals surface area contributed by atoms with Crippen molar-refractivity contribution in [2.45, 2.75) is 96.3 Å². The zero-order valence-electron chi connectivity index (χ0n) is 18.0. The summed E-state index contributed by atoms with van der Waals surface area (Å²) in [5, 5.41) is 1.16. The minimum atomic E-state index is 0.759. The highest BCUT2D eigenvalue weighted by Gasteiger charge is 2.23. The molecule has 3 rings (SSSR count). The molecule has 1 aromatic carbocycles. The van der Waals surface area contributed by atoms with Crippen molar-refractivity contribution >= 4 is 15.9 Å². The van der Waals surface area contributed by atoms with Crippen LogP contribution in [-0.2, 0) is 0 Å². The van der Waals surface area contributed by atoms with Gasteiger partial charge in [0.2, 0.25) is 0 Å². The van der Waals surface area contributed by atoms with Crippen LogP contribution in [0.5, 0.6) is 5.75 Å². The molecule has 0 atom stereocenters. The van der Waals surface area contributed by atoms with E-state index in [1.54, 1.807) is 0 Å². The maximum atomic E-state index is 6.15. The predicted octanol–water partition coefficient (Wildman–Crippen LogP) is 8.51. The Hall–Kier alpha value is -0.500. The molecule has 2 aliphatic carbocycles. The molecule has 0 N–H and O–H groups in total. The lowest BCUT2D eigenvalue weighted by molar-refractivity contribution is 0.181. The first kappa shape index (κ1) is 22.2. The molecule has 0 heterocycles. The standard InChI is InChI=1S/C26H41BrO/c1-2-3-4-5-21-10-12-24(13-11-21)25-14-16-26(17-15-25)28-20-23-8-6-22(7-9-23)18-19-27/h14-17,21-24H,2-13,18-20H2,1H3/t21-,22-,23-,24-. The third-order valence-electron chi connectivity index (χ3n) is 7.38. The monoisotopic (exact) mass is 448 g/mol. The fraction of sp³-hybridized carbons (Fsp3) is 0.769. The average molecular weight is 450 g/mol. The van der Waals surface area contributed by atoms with Gasteiger partial charge in [-0.1, -0.05) is 73.5 Å². The van der Waals surface area contributed by atoms with E-state index in [-0.39, 0.29) is 0 Å². The fourth-order valence-electron chi connectivity index (χ4n) is 5.36. The Morgan fingerprint density at radius 2 is 1.39 bits per heavy atom. The van der Waals surface area contributed by atoms with Crippen LogP contribution < -0.4 is 4.74 Å². The summed E-state index contributed by atoms with van der Waals surface area (Å²) in [6, 6.07) is 9.12. The van der Waals surface area contributed by atoms with Gasteiger partial charge < -0.3 is 4.74 Å². The van der Waals surface area contributed by atoms with Gasteiger partial charge >= 0.3 is 0 Å². The van der Waals surface area contributed by atoms with Gasteiger partial charge in [-0.05, 0) is 86.3 Å². The SMILES string of the molecule is CCCCC[C@H]1CC[C@H](c2ccc(OC[C@H]3CC[C@H](CCBr)CC3)cc2)CC1. The number of ether oxygens (including phenoxy) is 1. The van der Waals surface area contributed by atoms with Gasteiger partial charge in [0.1, 0.15) is 5.75 Å². The van der Waals surface area contributed by atoms with Crippen molar-refractivity contribution in [2.75, 3.05) is 11.9 Å². The molecular weight excluding hydrogens is 408 g/mol. The predicted molar refractivity (Wildman–Crippen MR) is 125 cm³/mol. The first-order valence-electron chi connectivity index (χ1n) is 12.1. The van der Waals surface area contributed by atoms with E-state index in [1.807, 2.05) is 0 Å². The molecule has 1 nitrogen and oxygen atoms in total. The van der Waals surface area contributed by atoms with Gasteiger partial charge in [-0.3, -0.25) is 0 Å². The second-order valence-corrected chi connectivity index (χ2v) is 10.3. The molecule has 28 heavy (non-hydrogen) atoms. The van der Waals surface area contributed by atoms with Crippen LogP contribution in [0.25, 0.3) is 0 Å². The van der Waals surface area contributed by atoms with E-state index in [0.29, 0.717) is 0 Å². The summed E-state index contributed by atoms with van der Waals surface area (Å²) < 4.78 is 6.15. The summed E-state index contributed by atoms with van der Waals surface area (Å²) in [6.45, 7) is 3.21. The summed E-state index contributed by atoms with van der Waals surface area (Å²) in [4.78, 5) is 0. The quantitative estimate of drug-likeness (QED) is 0.257. The molecule has 2 aliphatic rings. The highest BCUT2D eigenvalue weighted by atomic mass is 79.9. The minimum Gasteiger partial charge on any atom is -0.493 e. The van der Waals surface area contributed by atoms with Crippen molar-refractivity contribution in [3.8, 4) is 5.75 Å². The highest BCUT2D eigenvalue weighted by Crippen LogP contribution is 2.38. The van der Waals surface area contributed by atoms with Gasteiger partial charge in [-0.2, -0.15) is 0 Å². The molecule has 0 aliphatic heterocycles. The normalized spacial score (nSPS) is 28.2. The first-order valence-corrected chi connectivity index (χ1v) is 13.2. The number of rotatable bonds is 10. The van der Waals surface area contributed by atoms with E-state index in [9.17, 15) is 0 Å². The number of hydrogen-bond donors (Lipinski definition) is 0. The van der Waals surface area contributed by atoms with Crippen molar-refractivity contribution in [2.24, 2.45) is 17.8 Å². The molecule has 0 spiro atoms. The van der Waals surface area contributed by atoms with Crippen LogP contribution in [0.2, 0.25) is 0 Å². The molecule has 1 aromatic rings. The van der Waals surface area contributed by atoms with Crippen LogP contribution in [0.15, 0.2) is 24.3 Å². The molecule has 0 bridgehead atoms. The molecule has 0 amide bonds. The van der Waals surface area contributed by atoms with E-state index in [2.05, 4.69) is 47.1 Å². The van der Waals surface area contributed by atoms with Crippen LogP contribution in [-0.4, -0.2) is 11.9 Å². The minimum absolute atomic E-state index is 0.759. The third kappa shape index (κ3) is 7.08. The largest absolute Gasteiger partial charge is 0.493 e. The number of halogens is 1. The molecule has 2 heteroatoms. The number of benzene rings is 1. The first-order chi connectivity index (χ1) is 13.8. The average Bonchev–Trinajstić information content (AvgIpc) is 2.75. The molecule has 0 aromatic heterocycles. The van der Waals surface area contributed by atoms with Crippen LogP contribution in [0.4, 0.5) is 0 Å². The second kappa shape index (κ2) is 12.3. The maximum absolute atomic E-state index is 6.15. The summed E-state index contributed by atoms with van der Waals surface area (Å²) >= 11 is 3.59. The van der Waals surface area contributed by atoms with E-state index < -0.39 is 0 Å². The Morgan fingerprint density at radius 3 is 2.04 bits per heavy atom. The van der Waals surface area contributed by atoms with Crippen molar-refractivity contribution in [1.29, 1.82) is 0 Å². The van der Waals surface area contributed by atoms with Crippen molar-refractivity contribution in [1.82, 2.24) is 0 Å². The van der Waals surface area contributed by atoms with E-state index in [0.717, 1.165) is 41.4 Å². The van der Waals surface area contributed by atoms with Crippen LogP contribution in [0.1, 0.15) is 102 Å². The van der Waals surface area contributed by atoms with E-state index >= 15 is 0 Å². The van der Waals surface area contributed by atoms with Gasteiger partial charge in [-0.25, -0.2) is 0 Å². The Morgan fingerprint density at radius 1 is 0.786 bits per heavy atom. The topological polar surface area (TPSA) is 9.23 Å². The molecule has 158 valence electrons. The van der Waals surface area contributed by atoms with Gasteiger partial charge in [0.25, 0.3) is 0 Å². The second-order valence-electron chi connectivity index (χ2n) is 9.46. The summed E-state index contributed by atoms with van der Waals surface area (Å²) in [6.07, 6.45) is 18.1. The van der Waals surface area contributed by atoms with Crippen LogP contribution in [0.3, 0.4) is 0 Å². The van der Waals surface area contributed by atoms with Crippen LogP contribution >= 0.6 is 15.9 Å². The lowest BCUT2D eigenvalue weighted by atomic mass is 9.77. The van der Waals surface area contributed by atoms with Crippen molar-refractivity contribution in [3.05, 3.63) is 29.8 Å². The zero-order valence-corrected chi connectivity index (χ0v) is 19.6. The Labute approximate surface area is 182 Å². The molecule has 0 radical (unpaired) electrons. The highest BCUT2D eigenvalue weighted by molar-refractivity contribution is 9.09. The van der Waals surface area contributed by atoms with Gasteiger partial charge in [0.05, 0.1) is 6.61 Å². The van der Waals surface area contributed by atoms with Gasteiger partial charge in [0, 0.05) is 5.33 Å². The lowest BCUT2D eigenvalue weighted by Crippen LogP contribution is -2.20. The van der Waals surface area contributed by atoms with E-state index in [1.165, 1.54) is 89.0 Å². The van der Waals surface area contributed by atoms with Crippen LogP contribution in [0, 0.1) is 17.8 Å². The van der Waals surface area contributed by atoms with Crippen molar-refractivity contribution < 1.29 is 4.74 Å². The smallest absolute Gasteiger partial charge is 0.119 e. The maximum Gasteiger partial charge on any atom is 0.119 e. The Bertz CT molecular complexity index is 524. The Balaban J connectivity index is 1.36. The number of hydrogen-bond acceptors (Lipinski definition) is 1. The molecule has 2 saturated carbocycles. The molecule has 2 fully saturated rings. The van der Waals surface area contributed by atoms with Gasteiger partial charge in [-0.15, -0.1) is 0 Å². The summed E-state index contributed by atoms with van der Waals surface area (Å²) in [5.41, 5.74) is 1.54. The number of alkyl halides is 1. The summed E-state index contributed by atoms with van der Waals surface area (Å²) in [7, 11) is 0. The molecule has 0 unspecified atom stereocenters. The van der Waals surface area contributed by atoms with Crippen molar-refractivity contribution in [3.63, 3.8) is 0 Å². The molecular formula is C26H41BrO. The van der Waals surface area contributed by atoms with E-state index in [4.69, 9.17) is 4.74 Å². The summed E-state index contributed by atoms with van der Waals surface area (Å²) in [5.74, 6) is 4.54. The zero-order chi connectivity index (χ0) is 19.6. The Kier molecular flexibility index (Phi) is 9.71. The lowest BCUT2D eigenvalue weighted by Gasteiger charge is -2.29. The molecule has 0 saturated heterocycles. The van der Waals surface area contributed by atoms with Gasteiger partial charge in [0.15, 0.2) is 0 Å². The third-order valence-corrected chi connectivity index (χ3v) is 7.84. The number of unbranched alkanes of at least 4 members (excludes halogenated alkanes) is 2.